The zero-order chi connectivity index (χ0) is 20.1. The highest BCUT2D eigenvalue weighted by atomic mass is 16.2. The molecule has 3 rings (SSSR count). The summed E-state index contributed by atoms with van der Waals surface area (Å²) in [7, 11) is 0. The maximum Gasteiger partial charge on any atom is 0.267 e. The van der Waals surface area contributed by atoms with E-state index in [9.17, 15) is 14.4 Å². The number of benzene rings is 1. The van der Waals surface area contributed by atoms with Gasteiger partial charge in [0.2, 0.25) is 11.9 Å². The van der Waals surface area contributed by atoms with Gasteiger partial charge in [0.25, 0.3) is 11.5 Å². The van der Waals surface area contributed by atoms with E-state index in [-0.39, 0.29) is 42.2 Å². The Morgan fingerprint density at radius 1 is 1.32 bits per heavy atom. The van der Waals surface area contributed by atoms with Gasteiger partial charge < -0.3 is 21.4 Å². The minimum absolute atomic E-state index is 0.0212. The zero-order valence-electron chi connectivity index (χ0n) is 15.3. The number of nitrogens with one attached hydrogen (secondary N) is 3. The fourth-order valence-corrected chi connectivity index (χ4v) is 2.75. The normalized spacial score (nSPS) is 11.9. The maximum absolute atomic E-state index is 12.4. The van der Waals surface area contributed by atoms with E-state index in [0.29, 0.717) is 17.2 Å². The number of carbonyl (C=O) groups excluding carboxylic acids is 2. The highest BCUT2D eigenvalue weighted by molar-refractivity contribution is 5.96. The van der Waals surface area contributed by atoms with Gasteiger partial charge in [0, 0.05) is 18.0 Å². The molecule has 146 valence electrons. The fraction of sp³-hybridized carbons (Fsp3) is 0.278. The third-order valence-electron chi connectivity index (χ3n) is 4.22. The van der Waals surface area contributed by atoms with Gasteiger partial charge in [-0.15, -0.1) is 5.10 Å². The second-order valence-corrected chi connectivity index (χ2v) is 6.28. The number of amides is 2. The standard InChI is InChI=1S/C18H21N7O3/c1-2-12(22-15(26)9-25-10-21-18(19)24-25)8-20-17(28)14-7-11-5-3-4-6-13(11)16(27)23-14/h3-7,10,12H,2,8-9H2,1H3,(H2,19,24)(H,20,28)(H,22,26)(H,23,27). The molecule has 1 atom stereocenters. The molecule has 2 heterocycles. The Kier molecular flexibility index (Phi) is 5.68. The van der Waals surface area contributed by atoms with Gasteiger partial charge in [-0.05, 0) is 23.9 Å². The first-order valence-electron chi connectivity index (χ1n) is 8.80. The van der Waals surface area contributed by atoms with Crippen molar-refractivity contribution in [1.29, 1.82) is 0 Å². The molecule has 0 aliphatic heterocycles. The summed E-state index contributed by atoms with van der Waals surface area (Å²) in [5, 5.41) is 10.6. The molecular formula is C18H21N7O3. The molecule has 0 bridgehead atoms. The molecule has 0 saturated heterocycles. The lowest BCUT2D eigenvalue weighted by atomic mass is 10.1. The number of aromatic amines is 1. The average molecular weight is 383 g/mol. The molecule has 5 N–H and O–H groups in total. The van der Waals surface area contributed by atoms with Crippen molar-refractivity contribution in [3.8, 4) is 0 Å². The summed E-state index contributed by atoms with van der Waals surface area (Å²) in [6.45, 7) is 2.09. The smallest absolute Gasteiger partial charge is 0.267 e. The van der Waals surface area contributed by atoms with Crippen LogP contribution in [0.3, 0.4) is 0 Å². The van der Waals surface area contributed by atoms with Crippen molar-refractivity contribution in [3.05, 3.63) is 52.7 Å². The molecule has 0 radical (unpaired) electrons. The summed E-state index contributed by atoms with van der Waals surface area (Å²) in [5.41, 5.74) is 5.26. The van der Waals surface area contributed by atoms with Gasteiger partial charge in [0.1, 0.15) is 18.6 Å². The quantitative estimate of drug-likeness (QED) is 0.452. The average Bonchev–Trinajstić information content (AvgIpc) is 3.09. The predicted molar refractivity (Wildman–Crippen MR) is 104 cm³/mol. The Bertz CT molecular complexity index is 1060. The Labute approximate surface area is 160 Å². The first kappa shape index (κ1) is 19.1. The SMILES string of the molecule is CCC(CNC(=O)c1cc2ccccc2c(=O)[nH]1)NC(=O)Cn1cnc(N)n1. The number of aromatic nitrogens is 4. The van der Waals surface area contributed by atoms with Crippen LogP contribution in [-0.2, 0) is 11.3 Å². The van der Waals surface area contributed by atoms with Crippen LogP contribution in [0.15, 0.2) is 41.5 Å². The minimum Gasteiger partial charge on any atom is -0.367 e. The van der Waals surface area contributed by atoms with Gasteiger partial charge in [-0.2, -0.15) is 0 Å². The molecule has 0 aliphatic carbocycles. The van der Waals surface area contributed by atoms with E-state index >= 15 is 0 Å². The van der Waals surface area contributed by atoms with Crippen LogP contribution in [-0.4, -0.2) is 44.1 Å². The molecule has 0 saturated carbocycles. The van der Waals surface area contributed by atoms with Gasteiger partial charge >= 0.3 is 0 Å². The number of hydrogen-bond donors (Lipinski definition) is 4. The topological polar surface area (TPSA) is 148 Å². The second-order valence-electron chi connectivity index (χ2n) is 6.28. The first-order chi connectivity index (χ1) is 13.5. The molecule has 10 nitrogen and oxygen atoms in total. The van der Waals surface area contributed by atoms with Crippen LogP contribution in [0.1, 0.15) is 23.8 Å². The molecule has 1 unspecified atom stereocenters. The van der Waals surface area contributed by atoms with Crippen molar-refractivity contribution in [2.24, 2.45) is 0 Å². The van der Waals surface area contributed by atoms with Crippen LogP contribution in [0, 0.1) is 0 Å². The molecule has 0 fully saturated rings. The predicted octanol–water partition coefficient (Wildman–Crippen LogP) is 0.0266. The van der Waals surface area contributed by atoms with E-state index in [0.717, 1.165) is 0 Å². The van der Waals surface area contributed by atoms with Crippen LogP contribution in [0.5, 0.6) is 0 Å². The van der Waals surface area contributed by atoms with E-state index in [2.05, 4.69) is 25.7 Å². The van der Waals surface area contributed by atoms with E-state index < -0.39 is 5.91 Å². The molecule has 28 heavy (non-hydrogen) atoms. The summed E-state index contributed by atoms with van der Waals surface area (Å²) in [6.07, 6.45) is 1.98. The summed E-state index contributed by atoms with van der Waals surface area (Å²) in [6, 6.07) is 8.38. The molecule has 1 aromatic carbocycles. The van der Waals surface area contributed by atoms with Crippen molar-refractivity contribution in [3.63, 3.8) is 0 Å². The van der Waals surface area contributed by atoms with Gasteiger partial charge in [-0.3, -0.25) is 14.4 Å². The van der Waals surface area contributed by atoms with Gasteiger partial charge in [0.05, 0.1) is 0 Å². The molecular weight excluding hydrogens is 362 g/mol. The number of nitrogens with two attached hydrogens (primary N) is 1. The van der Waals surface area contributed by atoms with Gasteiger partial charge in [-0.25, -0.2) is 9.67 Å². The van der Waals surface area contributed by atoms with Crippen LogP contribution < -0.4 is 21.9 Å². The van der Waals surface area contributed by atoms with E-state index in [4.69, 9.17) is 5.73 Å². The third kappa shape index (κ3) is 4.53. The molecule has 0 spiro atoms. The largest absolute Gasteiger partial charge is 0.367 e. The Hall–Kier alpha value is -3.69. The lowest BCUT2D eigenvalue weighted by molar-refractivity contribution is -0.122. The number of nitrogens with zero attached hydrogens (tertiary/aromatic N) is 3. The molecule has 2 amide bonds. The van der Waals surface area contributed by atoms with Crippen molar-refractivity contribution in [2.45, 2.75) is 25.9 Å². The number of carbonyl (C=O) groups is 2. The van der Waals surface area contributed by atoms with Crippen molar-refractivity contribution in [2.75, 3.05) is 12.3 Å². The lowest BCUT2D eigenvalue weighted by Crippen LogP contribution is -2.44. The van der Waals surface area contributed by atoms with Crippen LogP contribution in [0.25, 0.3) is 10.8 Å². The first-order valence-corrected chi connectivity index (χ1v) is 8.80. The van der Waals surface area contributed by atoms with E-state index in [1.165, 1.54) is 11.0 Å². The van der Waals surface area contributed by atoms with Gasteiger partial charge in [-0.1, -0.05) is 25.1 Å². The van der Waals surface area contributed by atoms with Crippen LogP contribution >= 0.6 is 0 Å². The number of rotatable bonds is 7. The Morgan fingerprint density at radius 3 is 2.82 bits per heavy atom. The van der Waals surface area contributed by atoms with Crippen LogP contribution in [0.2, 0.25) is 0 Å². The van der Waals surface area contributed by atoms with E-state index in [1.54, 1.807) is 30.3 Å². The van der Waals surface area contributed by atoms with E-state index in [1.807, 2.05) is 6.92 Å². The number of hydrogen-bond acceptors (Lipinski definition) is 6. The Balaban J connectivity index is 1.59. The highest BCUT2D eigenvalue weighted by Gasteiger charge is 2.15. The molecule has 3 aromatic rings. The number of nitrogen functional groups attached to an aromatic ring is 1. The monoisotopic (exact) mass is 383 g/mol. The highest BCUT2D eigenvalue weighted by Crippen LogP contribution is 2.09. The van der Waals surface area contributed by atoms with Crippen molar-refractivity contribution in [1.82, 2.24) is 30.4 Å². The fourth-order valence-electron chi connectivity index (χ4n) is 2.75. The zero-order valence-corrected chi connectivity index (χ0v) is 15.3. The minimum atomic E-state index is -0.417. The third-order valence-corrected chi connectivity index (χ3v) is 4.22. The summed E-state index contributed by atoms with van der Waals surface area (Å²) < 4.78 is 1.33. The number of anilines is 1. The number of pyridine rings is 1. The lowest BCUT2D eigenvalue weighted by Gasteiger charge is -2.17. The summed E-state index contributed by atoms with van der Waals surface area (Å²) in [4.78, 5) is 42.9. The summed E-state index contributed by atoms with van der Waals surface area (Å²) >= 11 is 0. The molecule has 2 aromatic heterocycles. The number of H-pyrrole nitrogens is 1. The van der Waals surface area contributed by atoms with Crippen molar-refractivity contribution < 1.29 is 9.59 Å². The Morgan fingerprint density at radius 2 is 2.11 bits per heavy atom. The van der Waals surface area contributed by atoms with Crippen LogP contribution in [0.4, 0.5) is 5.95 Å². The van der Waals surface area contributed by atoms with Gasteiger partial charge in [0.15, 0.2) is 0 Å². The molecule has 10 heteroatoms. The second kappa shape index (κ2) is 8.33. The summed E-state index contributed by atoms with van der Waals surface area (Å²) in [5.74, 6) is -0.596. The maximum atomic E-state index is 12.4. The van der Waals surface area contributed by atoms with Crippen molar-refractivity contribution >= 4 is 28.5 Å². The number of fused-ring (bicyclic) bond motifs is 1. The molecule has 0 aliphatic rings.